The van der Waals surface area contributed by atoms with Gasteiger partial charge in [-0.2, -0.15) is 0 Å². The number of benzene rings is 2. The summed E-state index contributed by atoms with van der Waals surface area (Å²) in [6.45, 7) is 0. The van der Waals surface area contributed by atoms with Crippen LogP contribution in [-0.2, 0) is 0 Å². The van der Waals surface area contributed by atoms with Gasteiger partial charge in [-0.25, -0.2) is 4.39 Å². The summed E-state index contributed by atoms with van der Waals surface area (Å²) < 4.78 is 14.7. The molecule has 0 spiro atoms. The highest BCUT2D eigenvalue weighted by Crippen LogP contribution is 2.29. The van der Waals surface area contributed by atoms with Crippen LogP contribution in [0.5, 0.6) is 0 Å². The molecule has 0 aliphatic heterocycles. The molecule has 2 aromatic rings. The summed E-state index contributed by atoms with van der Waals surface area (Å²) >= 11 is 14.2. The number of rotatable bonds is 3. The average molecular weight is 360 g/mol. The van der Waals surface area contributed by atoms with E-state index in [2.05, 4.69) is 21.2 Å². The van der Waals surface area contributed by atoms with Crippen molar-refractivity contribution in [3.05, 3.63) is 57.3 Å². The third kappa shape index (κ3) is 3.43. The van der Waals surface area contributed by atoms with E-state index in [1.54, 1.807) is 24.3 Å². The zero-order valence-electron chi connectivity index (χ0n) is 9.58. The van der Waals surface area contributed by atoms with Crippen LogP contribution in [0, 0.1) is 5.82 Å². The van der Waals surface area contributed by atoms with Crippen molar-refractivity contribution in [3.8, 4) is 0 Å². The van der Waals surface area contributed by atoms with E-state index in [-0.39, 0.29) is 4.99 Å². The molecule has 2 aromatic carbocycles. The zero-order chi connectivity index (χ0) is 14.0. The Morgan fingerprint density at radius 2 is 1.89 bits per heavy atom. The first-order chi connectivity index (χ1) is 8.97. The van der Waals surface area contributed by atoms with Gasteiger partial charge in [-0.05, 0) is 36.4 Å². The predicted octanol–water partition coefficient (Wildman–Crippen LogP) is 4.62. The van der Waals surface area contributed by atoms with Crippen LogP contribution >= 0.6 is 39.7 Å². The topological polar surface area (TPSA) is 38.0 Å². The van der Waals surface area contributed by atoms with Crippen molar-refractivity contribution in [2.75, 3.05) is 5.32 Å². The molecule has 2 rings (SSSR count). The molecule has 0 aliphatic carbocycles. The summed E-state index contributed by atoms with van der Waals surface area (Å²) in [7, 11) is 0. The number of nitrogens with two attached hydrogens (primary N) is 1. The maximum Gasteiger partial charge on any atom is 0.147 e. The highest BCUT2D eigenvalue weighted by atomic mass is 79.9. The monoisotopic (exact) mass is 358 g/mol. The lowest BCUT2D eigenvalue weighted by atomic mass is 10.2. The van der Waals surface area contributed by atoms with Gasteiger partial charge in [0.05, 0.1) is 16.4 Å². The minimum absolute atomic E-state index is 0.159. The average Bonchev–Trinajstić information content (AvgIpc) is 2.34. The van der Waals surface area contributed by atoms with Gasteiger partial charge in [0, 0.05) is 10.0 Å². The fourth-order valence-corrected chi connectivity index (χ4v) is 2.35. The van der Waals surface area contributed by atoms with Gasteiger partial charge >= 0.3 is 0 Å². The second-order valence-electron chi connectivity index (χ2n) is 3.81. The second-order valence-corrected chi connectivity index (χ2v) is 5.57. The molecule has 0 unspecified atom stereocenters. The van der Waals surface area contributed by atoms with Gasteiger partial charge in [-0.3, -0.25) is 0 Å². The SMILES string of the molecule is NC(=S)c1ccc(Nc2ccc(Br)cc2Cl)c(F)c1. The lowest BCUT2D eigenvalue weighted by molar-refractivity contribution is 0.631. The number of nitrogens with one attached hydrogen (secondary N) is 1. The van der Waals surface area contributed by atoms with Crippen molar-refractivity contribution < 1.29 is 4.39 Å². The molecule has 0 saturated heterocycles. The number of halogens is 3. The van der Waals surface area contributed by atoms with E-state index in [0.717, 1.165) is 4.47 Å². The lowest BCUT2D eigenvalue weighted by Gasteiger charge is -2.10. The van der Waals surface area contributed by atoms with Crippen molar-refractivity contribution in [2.24, 2.45) is 5.73 Å². The molecule has 0 radical (unpaired) electrons. The smallest absolute Gasteiger partial charge is 0.147 e. The Morgan fingerprint density at radius 3 is 2.47 bits per heavy atom. The Morgan fingerprint density at radius 1 is 1.21 bits per heavy atom. The zero-order valence-corrected chi connectivity index (χ0v) is 12.7. The van der Waals surface area contributed by atoms with Crippen LogP contribution in [0.25, 0.3) is 0 Å². The third-order valence-electron chi connectivity index (χ3n) is 2.45. The Hall–Kier alpha value is -1.17. The van der Waals surface area contributed by atoms with Gasteiger partial charge in [0.25, 0.3) is 0 Å². The molecule has 0 aromatic heterocycles. The summed E-state index contributed by atoms with van der Waals surface area (Å²) in [5, 5.41) is 3.41. The largest absolute Gasteiger partial charge is 0.389 e. The highest BCUT2D eigenvalue weighted by Gasteiger charge is 2.07. The Bertz CT molecular complexity index is 649. The Kier molecular flexibility index (Phi) is 4.39. The minimum atomic E-state index is -0.440. The minimum Gasteiger partial charge on any atom is -0.389 e. The van der Waals surface area contributed by atoms with Gasteiger partial charge in [0.15, 0.2) is 0 Å². The fraction of sp³-hybridized carbons (Fsp3) is 0. The molecule has 0 heterocycles. The molecular weight excluding hydrogens is 351 g/mol. The summed E-state index contributed by atoms with van der Waals surface area (Å²) in [5.41, 5.74) is 6.86. The fourth-order valence-electron chi connectivity index (χ4n) is 1.51. The van der Waals surface area contributed by atoms with Crippen molar-refractivity contribution in [2.45, 2.75) is 0 Å². The molecule has 0 bridgehead atoms. The Balaban J connectivity index is 2.31. The van der Waals surface area contributed by atoms with Crippen molar-refractivity contribution in [1.82, 2.24) is 0 Å². The van der Waals surface area contributed by atoms with Gasteiger partial charge in [0.1, 0.15) is 10.8 Å². The van der Waals surface area contributed by atoms with Crippen molar-refractivity contribution in [3.63, 3.8) is 0 Å². The molecular formula is C13H9BrClFN2S. The first-order valence-electron chi connectivity index (χ1n) is 5.29. The van der Waals surface area contributed by atoms with E-state index in [4.69, 9.17) is 29.6 Å². The van der Waals surface area contributed by atoms with Crippen LogP contribution < -0.4 is 11.1 Å². The van der Waals surface area contributed by atoms with Gasteiger partial charge in [-0.15, -0.1) is 0 Å². The van der Waals surface area contributed by atoms with Crippen molar-refractivity contribution >= 4 is 56.1 Å². The van der Waals surface area contributed by atoms with Crippen LogP contribution in [0.15, 0.2) is 40.9 Å². The molecule has 2 nitrogen and oxygen atoms in total. The number of thiocarbonyl (C=S) groups is 1. The van der Waals surface area contributed by atoms with Gasteiger partial charge in [-0.1, -0.05) is 39.7 Å². The lowest BCUT2D eigenvalue weighted by Crippen LogP contribution is -2.09. The maximum absolute atomic E-state index is 13.9. The second kappa shape index (κ2) is 5.86. The summed E-state index contributed by atoms with van der Waals surface area (Å²) in [6.07, 6.45) is 0. The van der Waals surface area contributed by atoms with Crippen LogP contribution in [-0.4, -0.2) is 4.99 Å². The summed E-state index contributed by atoms with van der Waals surface area (Å²) in [5.74, 6) is -0.440. The van der Waals surface area contributed by atoms with E-state index in [1.807, 2.05) is 6.07 Å². The molecule has 6 heteroatoms. The van der Waals surface area contributed by atoms with Gasteiger partial charge in [0.2, 0.25) is 0 Å². The molecule has 3 N–H and O–H groups in total. The van der Waals surface area contributed by atoms with E-state index >= 15 is 0 Å². The predicted molar refractivity (Wildman–Crippen MR) is 84.7 cm³/mol. The maximum atomic E-state index is 13.9. The van der Waals surface area contributed by atoms with Crippen LogP contribution in [0.1, 0.15) is 5.56 Å². The number of hydrogen-bond acceptors (Lipinski definition) is 2. The summed E-state index contributed by atoms with van der Waals surface area (Å²) in [6, 6.07) is 9.81. The van der Waals surface area contributed by atoms with E-state index < -0.39 is 5.82 Å². The van der Waals surface area contributed by atoms with E-state index in [1.165, 1.54) is 6.07 Å². The van der Waals surface area contributed by atoms with Gasteiger partial charge < -0.3 is 11.1 Å². The first-order valence-corrected chi connectivity index (χ1v) is 6.87. The normalized spacial score (nSPS) is 10.3. The van der Waals surface area contributed by atoms with Crippen LogP contribution in [0.3, 0.4) is 0 Å². The highest BCUT2D eigenvalue weighted by molar-refractivity contribution is 9.10. The quantitative estimate of drug-likeness (QED) is 0.785. The molecule has 0 aliphatic rings. The number of anilines is 2. The van der Waals surface area contributed by atoms with Crippen LogP contribution in [0.4, 0.5) is 15.8 Å². The molecule has 0 amide bonds. The molecule has 0 fully saturated rings. The third-order valence-corrected chi connectivity index (χ3v) is 3.50. The standard InChI is InChI=1S/C13H9BrClFN2S/c14-8-2-4-11(9(15)6-8)18-12-3-1-7(13(17)19)5-10(12)16/h1-6,18H,(H2,17,19). The Labute approximate surface area is 128 Å². The van der Waals surface area contributed by atoms with E-state index in [9.17, 15) is 4.39 Å². The van der Waals surface area contributed by atoms with Crippen molar-refractivity contribution in [1.29, 1.82) is 0 Å². The van der Waals surface area contributed by atoms with E-state index in [0.29, 0.717) is 22.0 Å². The first kappa shape index (κ1) is 14.2. The molecule has 19 heavy (non-hydrogen) atoms. The summed E-state index contributed by atoms with van der Waals surface area (Å²) in [4.78, 5) is 0.159. The molecule has 0 saturated carbocycles. The molecule has 0 atom stereocenters. The number of hydrogen-bond donors (Lipinski definition) is 2. The molecule has 98 valence electrons. The van der Waals surface area contributed by atoms with Crippen LogP contribution in [0.2, 0.25) is 5.02 Å².